The maximum absolute atomic E-state index is 13.2. The highest BCUT2D eigenvalue weighted by Gasteiger charge is 2.33. The van der Waals surface area contributed by atoms with Gasteiger partial charge in [-0.05, 0) is 39.3 Å². The van der Waals surface area contributed by atoms with Gasteiger partial charge in [0, 0.05) is 19.0 Å². The maximum Gasteiger partial charge on any atom is 0.412 e. The molecule has 0 saturated carbocycles. The number of benzene rings is 1. The standard InChI is InChI=1S/C18H25FN2O4/c1-18(2,3)25-17(23)21-11-13(10-19)9-14(12-21)20-16(22)24-15-7-5-4-6-8-15/h4-8,13-14H,9-12H2,1-3H3,(H,20,22). The van der Waals surface area contributed by atoms with Gasteiger partial charge in [-0.15, -0.1) is 0 Å². The lowest BCUT2D eigenvalue weighted by Crippen LogP contribution is -2.54. The number of piperidine rings is 1. The minimum absolute atomic E-state index is 0.259. The van der Waals surface area contributed by atoms with Crippen LogP contribution in [0.3, 0.4) is 0 Å². The number of rotatable bonds is 3. The van der Waals surface area contributed by atoms with Crippen molar-refractivity contribution in [3.05, 3.63) is 30.3 Å². The Hall–Kier alpha value is -2.31. The van der Waals surface area contributed by atoms with Crippen molar-refractivity contribution in [1.29, 1.82) is 0 Å². The van der Waals surface area contributed by atoms with Gasteiger partial charge in [0.1, 0.15) is 11.4 Å². The van der Waals surface area contributed by atoms with E-state index in [9.17, 15) is 14.0 Å². The molecule has 1 heterocycles. The van der Waals surface area contributed by atoms with Crippen molar-refractivity contribution in [2.24, 2.45) is 5.92 Å². The van der Waals surface area contributed by atoms with E-state index < -0.39 is 30.5 Å². The van der Waals surface area contributed by atoms with E-state index in [2.05, 4.69) is 5.32 Å². The van der Waals surface area contributed by atoms with Gasteiger partial charge in [-0.25, -0.2) is 9.59 Å². The van der Waals surface area contributed by atoms with Crippen LogP contribution in [0.1, 0.15) is 27.2 Å². The first-order valence-electron chi connectivity index (χ1n) is 8.34. The number of amides is 2. The summed E-state index contributed by atoms with van der Waals surface area (Å²) in [6, 6.07) is 8.27. The van der Waals surface area contributed by atoms with Crippen LogP contribution in [0.15, 0.2) is 30.3 Å². The molecule has 2 amide bonds. The Kier molecular flexibility index (Phi) is 6.22. The Morgan fingerprint density at radius 2 is 1.92 bits per heavy atom. The van der Waals surface area contributed by atoms with Crippen molar-refractivity contribution in [1.82, 2.24) is 10.2 Å². The van der Waals surface area contributed by atoms with Gasteiger partial charge in [0.15, 0.2) is 0 Å². The van der Waals surface area contributed by atoms with Crippen LogP contribution in [-0.2, 0) is 4.74 Å². The van der Waals surface area contributed by atoms with Crippen molar-refractivity contribution >= 4 is 12.2 Å². The van der Waals surface area contributed by atoms with Crippen LogP contribution in [-0.4, -0.2) is 48.5 Å². The molecular formula is C18H25FN2O4. The molecule has 1 aromatic rings. The quantitative estimate of drug-likeness (QED) is 0.906. The maximum atomic E-state index is 13.2. The molecule has 0 bridgehead atoms. The molecule has 1 aliphatic rings. The minimum atomic E-state index is -0.630. The van der Waals surface area contributed by atoms with E-state index in [1.165, 1.54) is 4.90 Å². The molecule has 0 aromatic heterocycles. The molecule has 0 radical (unpaired) electrons. The van der Waals surface area contributed by atoms with Gasteiger partial charge in [0.2, 0.25) is 0 Å². The Bertz CT molecular complexity index is 588. The number of hydrogen-bond acceptors (Lipinski definition) is 4. The molecule has 1 N–H and O–H groups in total. The molecule has 6 nitrogen and oxygen atoms in total. The number of halogens is 1. The van der Waals surface area contributed by atoms with Crippen LogP contribution in [0.4, 0.5) is 14.0 Å². The summed E-state index contributed by atoms with van der Waals surface area (Å²) in [5.41, 5.74) is -0.630. The fourth-order valence-electron chi connectivity index (χ4n) is 2.69. The lowest BCUT2D eigenvalue weighted by Gasteiger charge is -2.37. The third-order valence-corrected chi connectivity index (χ3v) is 3.68. The second kappa shape index (κ2) is 8.18. The molecule has 7 heteroatoms. The fraction of sp³-hybridized carbons (Fsp3) is 0.556. The zero-order chi connectivity index (χ0) is 18.4. The van der Waals surface area contributed by atoms with Crippen molar-refractivity contribution in [2.75, 3.05) is 19.8 Å². The van der Waals surface area contributed by atoms with Crippen LogP contribution < -0.4 is 10.1 Å². The van der Waals surface area contributed by atoms with Crippen LogP contribution in [0.2, 0.25) is 0 Å². The molecule has 1 fully saturated rings. The van der Waals surface area contributed by atoms with Gasteiger partial charge < -0.3 is 19.7 Å². The highest BCUT2D eigenvalue weighted by molar-refractivity contribution is 5.71. The Labute approximate surface area is 147 Å². The molecule has 1 saturated heterocycles. The molecule has 2 unspecified atom stereocenters. The van der Waals surface area contributed by atoms with E-state index >= 15 is 0 Å². The molecule has 1 aliphatic heterocycles. The number of ether oxygens (including phenoxy) is 2. The highest BCUT2D eigenvalue weighted by atomic mass is 19.1. The third-order valence-electron chi connectivity index (χ3n) is 3.68. The molecule has 0 spiro atoms. The number of hydrogen-bond donors (Lipinski definition) is 1. The molecule has 2 rings (SSSR count). The van der Waals surface area contributed by atoms with E-state index in [4.69, 9.17) is 9.47 Å². The van der Waals surface area contributed by atoms with Gasteiger partial charge in [0.25, 0.3) is 0 Å². The number of nitrogens with one attached hydrogen (secondary N) is 1. The third kappa shape index (κ3) is 6.25. The molecule has 138 valence electrons. The minimum Gasteiger partial charge on any atom is -0.444 e. The van der Waals surface area contributed by atoms with Crippen molar-refractivity contribution in [3.8, 4) is 5.75 Å². The number of likely N-dealkylation sites (tertiary alicyclic amines) is 1. The smallest absolute Gasteiger partial charge is 0.412 e. The molecular weight excluding hydrogens is 327 g/mol. The van der Waals surface area contributed by atoms with Gasteiger partial charge in [-0.1, -0.05) is 18.2 Å². The Morgan fingerprint density at radius 1 is 1.24 bits per heavy atom. The van der Waals surface area contributed by atoms with Crippen molar-refractivity contribution < 1.29 is 23.5 Å². The number of alkyl halides is 1. The zero-order valence-corrected chi connectivity index (χ0v) is 14.8. The van der Waals surface area contributed by atoms with Gasteiger partial charge in [-0.2, -0.15) is 0 Å². The summed E-state index contributed by atoms with van der Waals surface area (Å²) in [7, 11) is 0. The first kappa shape index (κ1) is 19.0. The summed E-state index contributed by atoms with van der Waals surface area (Å²) in [5, 5.41) is 2.70. The van der Waals surface area contributed by atoms with E-state index in [0.717, 1.165) is 0 Å². The SMILES string of the molecule is CC(C)(C)OC(=O)N1CC(CF)CC(NC(=O)Oc2ccccc2)C1. The molecule has 1 aromatic carbocycles. The highest BCUT2D eigenvalue weighted by Crippen LogP contribution is 2.20. The van der Waals surface area contributed by atoms with Crippen molar-refractivity contribution in [2.45, 2.75) is 38.8 Å². The van der Waals surface area contributed by atoms with E-state index in [-0.39, 0.29) is 19.0 Å². The van der Waals surface area contributed by atoms with Crippen LogP contribution in [0, 0.1) is 5.92 Å². The van der Waals surface area contributed by atoms with E-state index in [1.54, 1.807) is 45.0 Å². The van der Waals surface area contributed by atoms with Crippen LogP contribution in [0.5, 0.6) is 5.75 Å². The number of carbonyl (C=O) groups excluding carboxylic acids is 2. The Morgan fingerprint density at radius 3 is 2.52 bits per heavy atom. The Balaban J connectivity index is 1.95. The average molecular weight is 352 g/mol. The zero-order valence-electron chi connectivity index (χ0n) is 14.8. The summed E-state index contributed by atoms with van der Waals surface area (Å²) in [6.45, 7) is 5.29. The topological polar surface area (TPSA) is 67.9 Å². The second-order valence-electron chi connectivity index (χ2n) is 7.19. The van der Waals surface area contributed by atoms with E-state index in [1.807, 2.05) is 6.07 Å². The molecule has 25 heavy (non-hydrogen) atoms. The second-order valence-corrected chi connectivity index (χ2v) is 7.19. The summed E-state index contributed by atoms with van der Waals surface area (Å²) >= 11 is 0. The normalized spacial score (nSPS) is 20.7. The monoisotopic (exact) mass is 352 g/mol. The van der Waals surface area contributed by atoms with Gasteiger partial charge >= 0.3 is 12.2 Å². The van der Waals surface area contributed by atoms with Crippen molar-refractivity contribution in [3.63, 3.8) is 0 Å². The number of carbonyl (C=O) groups is 2. The largest absolute Gasteiger partial charge is 0.444 e. The first-order chi connectivity index (χ1) is 11.8. The number of para-hydroxylation sites is 1. The predicted octanol–water partition coefficient (Wildman–Crippen LogP) is 3.37. The lowest BCUT2D eigenvalue weighted by atomic mass is 9.95. The average Bonchev–Trinajstić information content (AvgIpc) is 2.53. The van der Waals surface area contributed by atoms with Crippen LogP contribution in [0.25, 0.3) is 0 Å². The number of nitrogens with zero attached hydrogens (tertiary/aromatic N) is 1. The molecule has 0 aliphatic carbocycles. The predicted molar refractivity (Wildman–Crippen MR) is 91.3 cm³/mol. The summed E-state index contributed by atoms with van der Waals surface area (Å²) in [4.78, 5) is 25.7. The fourth-order valence-corrected chi connectivity index (χ4v) is 2.69. The van der Waals surface area contributed by atoms with Gasteiger partial charge in [0.05, 0.1) is 12.7 Å². The van der Waals surface area contributed by atoms with Gasteiger partial charge in [-0.3, -0.25) is 4.39 Å². The summed E-state index contributed by atoms with van der Waals surface area (Å²) in [5.74, 6) is 0.0742. The lowest BCUT2D eigenvalue weighted by molar-refractivity contribution is 0.0114. The summed E-state index contributed by atoms with van der Waals surface area (Å²) < 4.78 is 23.7. The molecule has 2 atom stereocenters. The first-order valence-corrected chi connectivity index (χ1v) is 8.34. The van der Waals surface area contributed by atoms with Crippen LogP contribution >= 0.6 is 0 Å². The van der Waals surface area contributed by atoms with E-state index in [0.29, 0.717) is 12.2 Å². The summed E-state index contributed by atoms with van der Waals surface area (Å²) in [6.07, 6.45) is -0.687.